The molecule has 0 unspecified atom stereocenters. The first-order chi connectivity index (χ1) is 13.6. The van der Waals surface area contributed by atoms with E-state index in [1.807, 2.05) is 18.2 Å². The zero-order chi connectivity index (χ0) is 19.6. The van der Waals surface area contributed by atoms with Gasteiger partial charge in [0.25, 0.3) is 5.91 Å². The molecule has 0 radical (unpaired) electrons. The van der Waals surface area contributed by atoms with E-state index >= 15 is 0 Å². The molecular formula is C20H20ClN3O4. The van der Waals surface area contributed by atoms with Gasteiger partial charge in [-0.1, -0.05) is 36.9 Å². The summed E-state index contributed by atoms with van der Waals surface area (Å²) in [6.07, 6.45) is 5.74. The molecule has 7 nitrogen and oxygen atoms in total. The van der Waals surface area contributed by atoms with E-state index in [9.17, 15) is 9.59 Å². The summed E-state index contributed by atoms with van der Waals surface area (Å²) in [6.45, 7) is 0.184. The van der Waals surface area contributed by atoms with E-state index < -0.39 is 11.3 Å². The van der Waals surface area contributed by atoms with Crippen molar-refractivity contribution in [1.82, 2.24) is 15.8 Å². The Morgan fingerprint density at radius 1 is 1.00 bits per heavy atom. The summed E-state index contributed by atoms with van der Waals surface area (Å²) < 4.78 is 10.9. The van der Waals surface area contributed by atoms with Crippen LogP contribution in [-0.2, 0) is 10.2 Å². The first kappa shape index (κ1) is 18.6. The van der Waals surface area contributed by atoms with E-state index in [1.54, 1.807) is 6.07 Å². The summed E-state index contributed by atoms with van der Waals surface area (Å²) in [6, 6.07) is 8.68. The molecule has 2 amide bonds. The maximum Gasteiger partial charge on any atom is 0.271 e. The third-order valence-electron chi connectivity index (χ3n) is 5.35. The molecule has 2 N–H and O–H groups in total. The summed E-state index contributed by atoms with van der Waals surface area (Å²) in [5.41, 5.74) is 5.55. The fourth-order valence-corrected chi connectivity index (χ4v) is 3.92. The lowest BCUT2D eigenvalue weighted by Crippen LogP contribution is -2.52. The summed E-state index contributed by atoms with van der Waals surface area (Å²) in [5, 5.41) is 0.296. The number of hydrogen-bond acceptors (Lipinski definition) is 5. The topological polar surface area (TPSA) is 89.6 Å². The van der Waals surface area contributed by atoms with Crippen molar-refractivity contribution in [3.8, 4) is 11.5 Å². The van der Waals surface area contributed by atoms with E-state index in [1.165, 1.54) is 12.3 Å². The molecule has 28 heavy (non-hydrogen) atoms. The zero-order valence-corrected chi connectivity index (χ0v) is 15.9. The lowest BCUT2D eigenvalue weighted by atomic mass is 9.69. The Morgan fingerprint density at radius 3 is 2.54 bits per heavy atom. The Hall–Kier alpha value is -2.80. The third-order valence-corrected chi connectivity index (χ3v) is 5.57. The van der Waals surface area contributed by atoms with Crippen molar-refractivity contribution in [2.45, 2.75) is 37.5 Å². The molecule has 2 heterocycles. The number of rotatable bonds is 3. The van der Waals surface area contributed by atoms with Crippen molar-refractivity contribution in [2.24, 2.45) is 0 Å². The quantitative estimate of drug-likeness (QED) is 0.609. The molecule has 8 heteroatoms. The van der Waals surface area contributed by atoms with Crippen molar-refractivity contribution < 1.29 is 19.1 Å². The molecule has 1 aliphatic carbocycles. The van der Waals surface area contributed by atoms with Gasteiger partial charge in [0.2, 0.25) is 12.7 Å². The number of nitrogens with one attached hydrogen (secondary N) is 2. The van der Waals surface area contributed by atoms with Gasteiger partial charge in [-0.3, -0.25) is 20.4 Å². The molecule has 4 rings (SSSR count). The molecule has 0 spiro atoms. The van der Waals surface area contributed by atoms with Crippen LogP contribution in [0.5, 0.6) is 11.5 Å². The Morgan fingerprint density at radius 2 is 1.79 bits per heavy atom. The van der Waals surface area contributed by atoms with Crippen LogP contribution >= 0.6 is 11.6 Å². The number of pyridine rings is 1. The van der Waals surface area contributed by atoms with Crippen LogP contribution in [-0.4, -0.2) is 23.6 Å². The second-order valence-corrected chi connectivity index (χ2v) is 7.38. The Labute approximate surface area is 167 Å². The maximum absolute atomic E-state index is 13.2. The number of carbonyl (C=O) groups excluding carboxylic acids is 2. The largest absolute Gasteiger partial charge is 0.454 e. The van der Waals surface area contributed by atoms with Crippen molar-refractivity contribution in [1.29, 1.82) is 0 Å². The van der Waals surface area contributed by atoms with E-state index in [0.717, 1.165) is 24.8 Å². The number of amides is 2. The lowest BCUT2D eigenvalue weighted by Gasteiger charge is -2.36. The predicted molar refractivity (Wildman–Crippen MR) is 102 cm³/mol. The fourth-order valence-electron chi connectivity index (χ4n) is 3.81. The van der Waals surface area contributed by atoms with E-state index in [2.05, 4.69) is 15.8 Å². The van der Waals surface area contributed by atoms with E-state index in [4.69, 9.17) is 21.1 Å². The van der Waals surface area contributed by atoms with E-state index in [-0.39, 0.29) is 12.7 Å². The average molecular weight is 402 g/mol. The molecule has 1 aliphatic heterocycles. The number of carbonyl (C=O) groups is 2. The van der Waals surface area contributed by atoms with Gasteiger partial charge in [-0.15, -0.1) is 0 Å². The Kier molecular flexibility index (Phi) is 5.09. The highest BCUT2D eigenvalue weighted by molar-refractivity contribution is 6.29. The highest BCUT2D eigenvalue weighted by atomic mass is 35.5. The number of nitrogens with zero attached hydrogens (tertiary/aromatic N) is 1. The van der Waals surface area contributed by atoms with Crippen LogP contribution in [0.25, 0.3) is 0 Å². The maximum atomic E-state index is 13.2. The first-order valence-electron chi connectivity index (χ1n) is 9.21. The second kappa shape index (κ2) is 7.67. The van der Waals surface area contributed by atoms with Gasteiger partial charge in [0.1, 0.15) is 5.15 Å². The lowest BCUT2D eigenvalue weighted by molar-refractivity contribution is -0.128. The SMILES string of the molecule is O=C(NNC(=O)C1(c2ccc3c(c2)OCO3)CCCCC1)c1ccc(Cl)nc1. The predicted octanol–water partition coefficient (Wildman–Crippen LogP) is 3.13. The molecule has 1 aromatic heterocycles. The van der Waals surface area contributed by atoms with Crippen LogP contribution in [0, 0.1) is 0 Å². The molecule has 0 saturated heterocycles. The molecule has 1 fully saturated rings. The van der Waals surface area contributed by atoms with Crippen molar-refractivity contribution >= 4 is 23.4 Å². The second-order valence-electron chi connectivity index (χ2n) is 6.99. The third kappa shape index (κ3) is 3.49. The first-order valence-corrected chi connectivity index (χ1v) is 9.59. The standard InChI is InChI=1S/C20H20ClN3O4/c21-17-7-4-13(11-22-17)18(25)23-24-19(26)20(8-2-1-3-9-20)14-5-6-15-16(10-14)28-12-27-15/h4-7,10-11H,1-3,8-9,12H2,(H,23,25)(H,24,26). The van der Waals surface area contributed by atoms with Gasteiger partial charge in [-0.25, -0.2) is 4.98 Å². The van der Waals surface area contributed by atoms with Crippen LogP contribution in [0.15, 0.2) is 36.5 Å². The van der Waals surface area contributed by atoms with Crippen LogP contribution in [0.3, 0.4) is 0 Å². The number of aromatic nitrogens is 1. The highest BCUT2D eigenvalue weighted by Crippen LogP contribution is 2.43. The monoisotopic (exact) mass is 401 g/mol. The van der Waals surface area contributed by atoms with E-state index in [0.29, 0.717) is 35.1 Å². The highest BCUT2D eigenvalue weighted by Gasteiger charge is 2.42. The molecule has 2 aromatic rings. The van der Waals surface area contributed by atoms with Crippen molar-refractivity contribution in [3.63, 3.8) is 0 Å². The number of benzene rings is 1. The Bertz CT molecular complexity index is 895. The van der Waals surface area contributed by atoms with Crippen LogP contribution < -0.4 is 20.3 Å². The van der Waals surface area contributed by atoms with Gasteiger partial charge >= 0.3 is 0 Å². The number of ether oxygens (including phenoxy) is 2. The van der Waals surface area contributed by atoms with Gasteiger partial charge in [0.15, 0.2) is 11.5 Å². The smallest absolute Gasteiger partial charge is 0.271 e. The molecule has 0 atom stereocenters. The van der Waals surface area contributed by atoms with Crippen LogP contribution in [0.1, 0.15) is 48.0 Å². The average Bonchev–Trinajstić information content (AvgIpc) is 3.20. The molecule has 146 valence electrons. The van der Waals surface area contributed by atoms with Crippen LogP contribution in [0.2, 0.25) is 5.15 Å². The molecule has 1 aromatic carbocycles. The molecule has 2 aliphatic rings. The minimum Gasteiger partial charge on any atom is -0.454 e. The van der Waals surface area contributed by atoms with Gasteiger partial charge in [0.05, 0.1) is 11.0 Å². The summed E-state index contributed by atoms with van der Waals surface area (Å²) in [7, 11) is 0. The molecule has 1 saturated carbocycles. The van der Waals surface area contributed by atoms with Gasteiger partial charge < -0.3 is 9.47 Å². The minimum atomic E-state index is -0.718. The number of hydrogen-bond donors (Lipinski definition) is 2. The normalized spacial score (nSPS) is 17.0. The number of fused-ring (bicyclic) bond motifs is 1. The Balaban J connectivity index is 1.53. The van der Waals surface area contributed by atoms with Gasteiger partial charge in [-0.2, -0.15) is 0 Å². The van der Waals surface area contributed by atoms with Crippen molar-refractivity contribution in [3.05, 3.63) is 52.8 Å². The molecular weight excluding hydrogens is 382 g/mol. The number of hydrazine groups is 1. The van der Waals surface area contributed by atoms with Crippen molar-refractivity contribution in [2.75, 3.05) is 6.79 Å². The summed E-state index contributed by atoms with van der Waals surface area (Å²) in [5.74, 6) is 0.640. The summed E-state index contributed by atoms with van der Waals surface area (Å²) >= 11 is 5.74. The zero-order valence-electron chi connectivity index (χ0n) is 15.2. The van der Waals surface area contributed by atoms with Crippen LogP contribution in [0.4, 0.5) is 0 Å². The minimum absolute atomic E-state index is 0.184. The van der Waals surface area contributed by atoms with Gasteiger partial charge in [0, 0.05) is 6.20 Å². The molecule has 0 bridgehead atoms. The summed E-state index contributed by atoms with van der Waals surface area (Å²) in [4.78, 5) is 29.3. The van der Waals surface area contributed by atoms with Gasteiger partial charge in [-0.05, 0) is 42.7 Å². The number of halogens is 1. The fraction of sp³-hybridized carbons (Fsp3) is 0.350.